The Labute approximate surface area is 130 Å². The van der Waals surface area contributed by atoms with Crippen LogP contribution in [0.4, 0.5) is 0 Å². The Hall–Kier alpha value is -0.150. The van der Waals surface area contributed by atoms with Gasteiger partial charge in [0, 0.05) is 24.6 Å². The molecular weight excluding hydrogens is 400 g/mol. The van der Waals surface area contributed by atoms with Gasteiger partial charge in [-0.15, -0.1) is 0 Å². The van der Waals surface area contributed by atoms with Crippen molar-refractivity contribution >= 4 is 41.9 Å². The van der Waals surface area contributed by atoms with Gasteiger partial charge in [-0.05, 0) is 42.2 Å². The van der Waals surface area contributed by atoms with Gasteiger partial charge in [0.05, 0.1) is 4.47 Å². The highest BCUT2D eigenvalue weighted by Crippen LogP contribution is 2.35. The van der Waals surface area contributed by atoms with Crippen molar-refractivity contribution in [2.24, 2.45) is 0 Å². The second kappa shape index (κ2) is 6.53. The predicted molar refractivity (Wildman–Crippen MR) is 81.9 cm³/mol. The van der Waals surface area contributed by atoms with E-state index in [1.807, 2.05) is 19.0 Å². The van der Waals surface area contributed by atoms with Gasteiger partial charge in [-0.25, -0.2) is 8.42 Å². The number of nitrogens with zero attached hydrogens (tertiary/aromatic N) is 2. The van der Waals surface area contributed by atoms with E-state index in [-0.39, 0.29) is 10.6 Å². The van der Waals surface area contributed by atoms with Crippen LogP contribution in [0.2, 0.25) is 0 Å². The van der Waals surface area contributed by atoms with E-state index in [2.05, 4.69) is 31.9 Å². The van der Waals surface area contributed by atoms with Crippen molar-refractivity contribution in [2.75, 3.05) is 34.2 Å². The van der Waals surface area contributed by atoms with Crippen LogP contribution in [0.15, 0.2) is 26.0 Å². The first-order valence-corrected chi connectivity index (χ1v) is 8.48. The fourth-order valence-electron chi connectivity index (χ4n) is 1.37. The van der Waals surface area contributed by atoms with E-state index in [9.17, 15) is 13.5 Å². The summed E-state index contributed by atoms with van der Waals surface area (Å²) >= 11 is 6.35. The Balaban J connectivity index is 3.13. The minimum atomic E-state index is -3.71. The first-order chi connectivity index (χ1) is 8.66. The third kappa shape index (κ3) is 4.16. The van der Waals surface area contributed by atoms with Crippen LogP contribution >= 0.6 is 31.9 Å². The maximum atomic E-state index is 12.4. The largest absolute Gasteiger partial charge is 0.505 e. The van der Waals surface area contributed by atoms with Crippen LogP contribution < -0.4 is 0 Å². The number of benzene rings is 1. The standard InChI is InChI=1S/C11H16Br2N2O3S/c1-14(2)4-5-15(3)19(17,18)10-7-8(12)6-9(13)11(10)16/h6-7,16H,4-5H2,1-3H3. The topological polar surface area (TPSA) is 60.9 Å². The van der Waals surface area contributed by atoms with E-state index in [0.29, 0.717) is 22.0 Å². The van der Waals surface area contributed by atoms with Crippen LogP contribution in [0, 0.1) is 0 Å². The van der Waals surface area contributed by atoms with Crippen molar-refractivity contribution in [3.8, 4) is 5.75 Å². The lowest BCUT2D eigenvalue weighted by Crippen LogP contribution is -2.33. The smallest absolute Gasteiger partial charge is 0.246 e. The molecule has 0 radical (unpaired) electrons. The van der Waals surface area contributed by atoms with Crippen molar-refractivity contribution in [1.82, 2.24) is 9.21 Å². The minimum Gasteiger partial charge on any atom is -0.505 e. The van der Waals surface area contributed by atoms with Crippen LogP contribution in [-0.4, -0.2) is 57.0 Å². The summed E-state index contributed by atoms with van der Waals surface area (Å²) in [4.78, 5) is 1.78. The molecule has 0 aliphatic rings. The molecule has 1 aromatic carbocycles. The van der Waals surface area contributed by atoms with E-state index in [1.165, 1.54) is 17.4 Å². The lowest BCUT2D eigenvalue weighted by atomic mass is 10.3. The van der Waals surface area contributed by atoms with Gasteiger partial charge in [-0.1, -0.05) is 15.9 Å². The number of phenolic OH excluding ortho intramolecular Hbond substituents is 1. The number of halogens is 2. The molecule has 0 aliphatic heterocycles. The van der Waals surface area contributed by atoms with Gasteiger partial charge in [0.15, 0.2) is 0 Å². The summed E-state index contributed by atoms with van der Waals surface area (Å²) in [6.07, 6.45) is 0. The van der Waals surface area contributed by atoms with Crippen LogP contribution in [0.3, 0.4) is 0 Å². The maximum absolute atomic E-state index is 12.4. The van der Waals surface area contributed by atoms with Gasteiger partial charge in [0.1, 0.15) is 10.6 Å². The summed E-state index contributed by atoms with van der Waals surface area (Å²) in [7, 11) is 1.52. The van der Waals surface area contributed by atoms with Crippen molar-refractivity contribution in [3.05, 3.63) is 21.1 Å². The molecule has 0 atom stereocenters. The number of aromatic hydroxyl groups is 1. The Morgan fingerprint density at radius 2 is 1.74 bits per heavy atom. The van der Waals surface area contributed by atoms with E-state index >= 15 is 0 Å². The molecule has 19 heavy (non-hydrogen) atoms. The molecule has 0 aliphatic carbocycles. The molecule has 0 fully saturated rings. The highest BCUT2D eigenvalue weighted by atomic mass is 79.9. The number of hydrogen-bond donors (Lipinski definition) is 1. The van der Waals surface area contributed by atoms with Crippen molar-refractivity contribution in [3.63, 3.8) is 0 Å². The molecular formula is C11H16Br2N2O3S. The second-order valence-corrected chi connectivity index (χ2v) is 8.15. The van der Waals surface area contributed by atoms with Gasteiger partial charge >= 0.3 is 0 Å². The quantitative estimate of drug-likeness (QED) is 0.799. The summed E-state index contributed by atoms with van der Waals surface area (Å²) in [5.74, 6) is -0.278. The van der Waals surface area contributed by atoms with Crippen LogP contribution in [0.5, 0.6) is 5.75 Å². The normalized spacial score (nSPS) is 12.4. The van der Waals surface area contributed by atoms with E-state index in [1.54, 1.807) is 6.07 Å². The molecule has 0 bridgehead atoms. The van der Waals surface area contributed by atoms with Gasteiger partial charge in [-0.3, -0.25) is 0 Å². The molecule has 8 heteroatoms. The lowest BCUT2D eigenvalue weighted by molar-refractivity contribution is 0.357. The zero-order chi connectivity index (χ0) is 14.8. The number of likely N-dealkylation sites (N-methyl/N-ethyl adjacent to an activating group) is 2. The first-order valence-electron chi connectivity index (χ1n) is 5.45. The third-order valence-electron chi connectivity index (χ3n) is 2.54. The van der Waals surface area contributed by atoms with E-state index in [4.69, 9.17) is 0 Å². The molecule has 108 valence electrons. The average molecular weight is 416 g/mol. The highest BCUT2D eigenvalue weighted by molar-refractivity contribution is 9.11. The Bertz CT molecular complexity index is 561. The molecule has 0 amide bonds. The van der Waals surface area contributed by atoms with Crippen molar-refractivity contribution in [1.29, 1.82) is 0 Å². The number of sulfonamides is 1. The maximum Gasteiger partial charge on any atom is 0.246 e. The Morgan fingerprint density at radius 1 is 1.16 bits per heavy atom. The van der Waals surface area contributed by atoms with Gasteiger partial charge < -0.3 is 10.0 Å². The summed E-state index contributed by atoms with van der Waals surface area (Å²) in [5, 5.41) is 9.90. The molecule has 5 nitrogen and oxygen atoms in total. The molecule has 1 rings (SSSR count). The van der Waals surface area contributed by atoms with Crippen molar-refractivity contribution < 1.29 is 13.5 Å². The first kappa shape index (κ1) is 16.9. The van der Waals surface area contributed by atoms with Crippen LogP contribution in [-0.2, 0) is 10.0 Å². The minimum absolute atomic E-state index is 0.116. The summed E-state index contributed by atoms with van der Waals surface area (Å²) in [5.41, 5.74) is 0. The van der Waals surface area contributed by atoms with Gasteiger partial charge in [0.2, 0.25) is 10.0 Å². The molecule has 0 saturated heterocycles. The van der Waals surface area contributed by atoms with E-state index < -0.39 is 10.0 Å². The zero-order valence-electron chi connectivity index (χ0n) is 10.9. The summed E-state index contributed by atoms with van der Waals surface area (Å²) in [6, 6.07) is 2.98. The second-order valence-electron chi connectivity index (χ2n) is 4.36. The number of phenols is 1. The third-order valence-corrected chi connectivity index (χ3v) is 5.48. The fraction of sp³-hybridized carbons (Fsp3) is 0.455. The number of hydrogen-bond acceptors (Lipinski definition) is 4. The fourth-order valence-corrected chi connectivity index (χ4v) is 4.16. The van der Waals surface area contributed by atoms with Gasteiger partial charge in [-0.2, -0.15) is 4.31 Å². The predicted octanol–water partition coefficient (Wildman–Crippen LogP) is 2.10. The molecule has 0 saturated carbocycles. The molecule has 1 aromatic rings. The molecule has 0 spiro atoms. The Morgan fingerprint density at radius 3 is 2.26 bits per heavy atom. The molecule has 0 aromatic heterocycles. The summed E-state index contributed by atoms with van der Waals surface area (Å²) < 4.78 is 26.9. The van der Waals surface area contributed by atoms with Crippen LogP contribution in [0.1, 0.15) is 0 Å². The van der Waals surface area contributed by atoms with Crippen LogP contribution in [0.25, 0.3) is 0 Å². The monoisotopic (exact) mass is 414 g/mol. The Kier molecular flexibility index (Phi) is 5.81. The molecule has 0 heterocycles. The summed E-state index contributed by atoms with van der Waals surface area (Å²) in [6.45, 7) is 0.949. The highest BCUT2D eigenvalue weighted by Gasteiger charge is 2.25. The molecule has 0 unspecified atom stereocenters. The zero-order valence-corrected chi connectivity index (χ0v) is 14.9. The molecule has 1 N–H and O–H groups in total. The van der Waals surface area contributed by atoms with Crippen molar-refractivity contribution in [2.45, 2.75) is 4.90 Å². The SMILES string of the molecule is CN(C)CCN(C)S(=O)(=O)c1cc(Br)cc(Br)c1O. The van der Waals surface area contributed by atoms with Gasteiger partial charge in [0.25, 0.3) is 0 Å². The number of rotatable bonds is 5. The average Bonchev–Trinajstić information content (AvgIpc) is 2.30. The lowest BCUT2D eigenvalue weighted by Gasteiger charge is -2.20. The van der Waals surface area contributed by atoms with E-state index in [0.717, 1.165) is 0 Å².